The predicted molar refractivity (Wildman–Crippen MR) is 68.0 cm³/mol. The van der Waals surface area contributed by atoms with Crippen molar-refractivity contribution in [3.05, 3.63) is 40.2 Å². The van der Waals surface area contributed by atoms with Crippen molar-refractivity contribution >= 4 is 33.6 Å². The van der Waals surface area contributed by atoms with Gasteiger partial charge < -0.3 is 0 Å². The molecular weight excluding hydrogens is 278 g/mol. The smallest absolute Gasteiger partial charge is 0.131 e. The molecule has 0 spiro atoms. The molecule has 0 bridgehead atoms. The SMILES string of the molecule is CC(C)C(=Cc1c(F)cccc1Cl)CBr. The molecule has 0 N–H and O–H groups in total. The van der Waals surface area contributed by atoms with E-state index in [2.05, 4.69) is 29.8 Å². The molecule has 0 amide bonds. The highest BCUT2D eigenvalue weighted by atomic mass is 79.9. The van der Waals surface area contributed by atoms with Crippen LogP contribution in [0.25, 0.3) is 6.08 Å². The van der Waals surface area contributed by atoms with Crippen LogP contribution >= 0.6 is 27.5 Å². The first-order chi connectivity index (χ1) is 7.06. The predicted octanol–water partition coefficient (Wildman–Crippen LogP) is 4.91. The lowest BCUT2D eigenvalue weighted by Gasteiger charge is -2.09. The Morgan fingerprint density at radius 1 is 1.53 bits per heavy atom. The molecule has 0 fully saturated rings. The number of hydrogen-bond donors (Lipinski definition) is 0. The average Bonchev–Trinajstić information content (AvgIpc) is 2.17. The van der Waals surface area contributed by atoms with Gasteiger partial charge in [-0.15, -0.1) is 0 Å². The van der Waals surface area contributed by atoms with Gasteiger partial charge in [0.25, 0.3) is 0 Å². The molecule has 82 valence electrons. The van der Waals surface area contributed by atoms with Crippen molar-refractivity contribution in [1.82, 2.24) is 0 Å². The Hall–Kier alpha value is -0.340. The van der Waals surface area contributed by atoms with Gasteiger partial charge in [-0.3, -0.25) is 0 Å². The van der Waals surface area contributed by atoms with Gasteiger partial charge in [-0.2, -0.15) is 0 Å². The van der Waals surface area contributed by atoms with E-state index < -0.39 is 0 Å². The van der Waals surface area contributed by atoms with Crippen LogP contribution in [-0.4, -0.2) is 5.33 Å². The highest BCUT2D eigenvalue weighted by molar-refractivity contribution is 9.09. The Morgan fingerprint density at radius 3 is 2.67 bits per heavy atom. The van der Waals surface area contributed by atoms with Gasteiger partial charge in [0.2, 0.25) is 0 Å². The quantitative estimate of drug-likeness (QED) is 0.694. The largest absolute Gasteiger partial charge is 0.206 e. The molecule has 0 heterocycles. The Kier molecular flexibility index (Phi) is 4.81. The van der Waals surface area contributed by atoms with E-state index in [0.29, 0.717) is 16.5 Å². The van der Waals surface area contributed by atoms with E-state index in [-0.39, 0.29) is 5.82 Å². The van der Waals surface area contributed by atoms with Gasteiger partial charge >= 0.3 is 0 Å². The summed E-state index contributed by atoms with van der Waals surface area (Å²) in [4.78, 5) is 0. The van der Waals surface area contributed by atoms with Crippen LogP contribution in [0.15, 0.2) is 23.8 Å². The second kappa shape index (κ2) is 5.66. The van der Waals surface area contributed by atoms with Crippen molar-refractivity contribution in [3.8, 4) is 0 Å². The maximum atomic E-state index is 13.5. The molecule has 0 atom stereocenters. The zero-order valence-corrected chi connectivity index (χ0v) is 11.1. The van der Waals surface area contributed by atoms with E-state index in [4.69, 9.17) is 11.6 Å². The Labute approximate surface area is 103 Å². The highest BCUT2D eigenvalue weighted by Gasteiger charge is 2.07. The lowest BCUT2D eigenvalue weighted by molar-refractivity contribution is 0.624. The summed E-state index contributed by atoms with van der Waals surface area (Å²) in [6.45, 7) is 4.14. The highest BCUT2D eigenvalue weighted by Crippen LogP contribution is 2.24. The van der Waals surface area contributed by atoms with Gasteiger partial charge in [-0.1, -0.05) is 59.1 Å². The van der Waals surface area contributed by atoms with Gasteiger partial charge in [0.15, 0.2) is 0 Å². The monoisotopic (exact) mass is 290 g/mol. The number of hydrogen-bond acceptors (Lipinski definition) is 0. The number of benzene rings is 1. The summed E-state index contributed by atoms with van der Waals surface area (Å²) in [7, 11) is 0. The molecule has 0 aliphatic rings. The summed E-state index contributed by atoms with van der Waals surface area (Å²) in [6.07, 6.45) is 1.82. The summed E-state index contributed by atoms with van der Waals surface area (Å²) in [5, 5.41) is 1.18. The Balaban J connectivity index is 3.16. The molecule has 1 aromatic rings. The van der Waals surface area contributed by atoms with Crippen LogP contribution in [0.2, 0.25) is 5.02 Å². The second-order valence-corrected chi connectivity index (χ2v) is 4.61. The van der Waals surface area contributed by atoms with Crippen molar-refractivity contribution in [2.24, 2.45) is 5.92 Å². The standard InChI is InChI=1S/C12H13BrClF/c1-8(2)9(7-13)6-10-11(14)4-3-5-12(10)15/h3-6,8H,7H2,1-2H3. The van der Waals surface area contributed by atoms with E-state index in [1.807, 2.05) is 6.08 Å². The minimum atomic E-state index is -0.276. The van der Waals surface area contributed by atoms with Crippen LogP contribution in [-0.2, 0) is 0 Å². The molecule has 0 aromatic heterocycles. The fourth-order valence-corrected chi connectivity index (χ4v) is 2.22. The van der Waals surface area contributed by atoms with Crippen LogP contribution in [0.3, 0.4) is 0 Å². The summed E-state index contributed by atoms with van der Waals surface area (Å²) < 4.78 is 13.5. The molecule has 15 heavy (non-hydrogen) atoms. The van der Waals surface area contributed by atoms with Crippen LogP contribution in [0.5, 0.6) is 0 Å². The summed E-state index contributed by atoms with van der Waals surface area (Å²) in [5.74, 6) is 0.0987. The van der Waals surface area contributed by atoms with Gasteiger partial charge in [0, 0.05) is 10.9 Å². The number of allylic oxidation sites excluding steroid dienone is 1. The Bertz CT molecular complexity index is 352. The third-order valence-corrected chi connectivity index (χ3v) is 3.20. The van der Waals surface area contributed by atoms with Crippen LogP contribution in [0, 0.1) is 11.7 Å². The number of halogens is 3. The first-order valence-corrected chi connectivity index (χ1v) is 6.26. The molecule has 1 aromatic carbocycles. The molecule has 0 aliphatic heterocycles. The minimum Gasteiger partial charge on any atom is -0.206 e. The van der Waals surface area contributed by atoms with Crippen LogP contribution in [0.4, 0.5) is 4.39 Å². The molecule has 0 aliphatic carbocycles. The van der Waals surface area contributed by atoms with Gasteiger partial charge in [0.05, 0.1) is 5.02 Å². The fraction of sp³-hybridized carbons (Fsp3) is 0.333. The number of alkyl halides is 1. The number of rotatable bonds is 3. The van der Waals surface area contributed by atoms with Crippen molar-refractivity contribution in [2.75, 3.05) is 5.33 Å². The average molecular weight is 292 g/mol. The molecule has 0 saturated carbocycles. The van der Waals surface area contributed by atoms with E-state index in [9.17, 15) is 4.39 Å². The topological polar surface area (TPSA) is 0 Å². The van der Waals surface area contributed by atoms with E-state index in [1.54, 1.807) is 12.1 Å². The van der Waals surface area contributed by atoms with Crippen LogP contribution < -0.4 is 0 Å². The maximum absolute atomic E-state index is 13.5. The molecule has 3 heteroatoms. The van der Waals surface area contributed by atoms with Gasteiger partial charge in [0.1, 0.15) is 5.82 Å². The molecule has 0 radical (unpaired) electrons. The van der Waals surface area contributed by atoms with Crippen molar-refractivity contribution < 1.29 is 4.39 Å². The molecular formula is C12H13BrClF. The zero-order chi connectivity index (χ0) is 11.4. The van der Waals surface area contributed by atoms with E-state index in [0.717, 1.165) is 10.9 Å². The van der Waals surface area contributed by atoms with E-state index in [1.165, 1.54) is 6.07 Å². The zero-order valence-electron chi connectivity index (χ0n) is 8.73. The van der Waals surface area contributed by atoms with Gasteiger partial charge in [-0.25, -0.2) is 4.39 Å². The second-order valence-electron chi connectivity index (χ2n) is 3.64. The lowest BCUT2D eigenvalue weighted by atomic mass is 10.0. The molecule has 0 saturated heterocycles. The summed E-state index contributed by atoms with van der Waals surface area (Å²) in [6, 6.07) is 4.73. The van der Waals surface area contributed by atoms with Crippen molar-refractivity contribution in [3.63, 3.8) is 0 Å². The van der Waals surface area contributed by atoms with Crippen molar-refractivity contribution in [1.29, 1.82) is 0 Å². The molecule has 0 nitrogen and oxygen atoms in total. The fourth-order valence-electron chi connectivity index (χ4n) is 1.19. The third kappa shape index (κ3) is 3.32. The van der Waals surface area contributed by atoms with Crippen molar-refractivity contribution in [2.45, 2.75) is 13.8 Å². The van der Waals surface area contributed by atoms with Crippen LogP contribution in [0.1, 0.15) is 19.4 Å². The Morgan fingerprint density at radius 2 is 2.20 bits per heavy atom. The lowest BCUT2D eigenvalue weighted by Crippen LogP contribution is -1.96. The van der Waals surface area contributed by atoms with Gasteiger partial charge in [-0.05, 0) is 18.1 Å². The molecule has 1 rings (SSSR count). The third-order valence-electron chi connectivity index (χ3n) is 2.23. The maximum Gasteiger partial charge on any atom is 0.131 e. The first-order valence-electron chi connectivity index (χ1n) is 4.76. The normalized spacial score (nSPS) is 12.3. The summed E-state index contributed by atoms with van der Waals surface area (Å²) in [5.41, 5.74) is 1.60. The minimum absolute atomic E-state index is 0.276. The first kappa shape index (κ1) is 12.7. The summed E-state index contributed by atoms with van der Waals surface area (Å²) >= 11 is 9.32. The van der Waals surface area contributed by atoms with E-state index >= 15 is 0 Å². The molecule has 0 unspecified atom stereocenters.